The van der Waals surface area contributed by atoms with Gasteiger partial charge in [0.15, 0.2) is 0 Å². The van der Waals surface area contributed by atoms with E-state index in [1.165, 1.54) is 0 Å². The highest BCUT2D eigenvalue weighted by molar-refractivity contribution is 9.10. The predicted molar refractivity (Wildman–Crippen MR) is 57.1 cm³/mol. The number of aromatic nitrogens is 1. The van der Waals surface area contributed by atoms with E-state index >= 15 is 0 Å². The lowest BCUT2D eigenvalue weighted by atomic mass is 10.1. The third-order valence-corrected chi connectivity index (χ3v) is 3.15. The average molecular weight is 256 g/mol. The lowest BCUT2D eigenvalue weighted by Crippen LogP contribution is -1.86. The van der Waals surface area contributed by atoms with Gasteiger partial charge in [0, 0.05) is 10.9 Å². The summed E-state index contributed by atoms with van der Waals surface area (Å²) in [6, 6.07) is 3.93. The van der Waals surface area contributed by atoms with Crippen LogP contribution in [-0.2, 0) is 11.2 Å². The van der Waals surface area contributed by atoms with Crippen LogP contribution < -0.4 is 0 Å². The largest absolute Gasteiger partial charge is 0.303 e. The van der Waals surface area contributed by atoms with Gasteiger partial charge < -0.3 is 4.79 Å². The first kappa shape index (κ1) is 8.84. The monoisotopic (exact) mass is 255 g/mol. The van der Waals surface area contributed by atoms with Gasteiger partial charge in [-0.3, -0.25) is 0 Å². The Morgan fingerprint density at radius 1 is 1.54 bits per heavy atom. The maximum Gasteiger partial charge on any atom is 0.124 e. The van der Waals surface area contributed by atoms with Crippen molar-refractivity contribution in [1.29, 1.82) is 0 Å². The van der Waals surface area contributed by atoms with E-state index in [9.17, 15) is 4.79 Å². The summed E-state index contributed by atoms with van der Waals surface area (Å²) in [7, 11) is 0. The molecule has 0 spiro atoms. The molecule has 1 heterocycles. The first-order valence-corrected chi connectivity index (χ1v) is 5.44. The highest BCUT2D eigenvalue weighted by Crippen LogP contribution is 2.26. The number of nitrogens with zero attached hydrogens (tertiary/aromatic N) is 1. The van der Waals surface area contributed by atoms with Crippen molar-refractivity contribution >= 4 is 43.8 Å². The SMILES string of the molecule is O=CCc1cc(Br)cc2ncsc12. The molecule has 0 fully saturated rings. The van der Waals surface area contributed by atoms with E-state index in [4.69, 9.17) is 0 Å². The van der Waals surface area contributed by atoms with E-state index in [2.05, 4.69) is 20.9 Å². The smallest absolute Gasteiger partial charge is 0.124 e. The van der Waals surface area contributed by atoms with Gasteiger partial charge in [-0.1, -0.05) is 15.9 Å². The Balaban J connectivity index is 2.69. The Morgan fingerprint density at radius 2 is 2.38 bits per heavy atom. The van der Waals surface area contributed by atoms with Crippen LogP contribution in [0.3, 0.4) is 0 Å². The number of fused-ring (bicyclic) bond motifs is 1. The summed E-state index contributed by atoms with van der Waals surface area (Å²) in [5.41, 5.74) is 3.80. The van der Waals surface area contributed by atoms with Gasteiger partial charge >= 0.3 is 0 Å². The molecule has 0 aliphatic carbocycles. The minimum absolute atomic E-state index is 0.456. The summed E-state index contributed by atoms with van der Waals surface area (Å²) < 4.78 is 2.08. The summed E-state index contributed by atoms with van der Waals surface area (Å²) in [6.45, 7) is 0. The number of thiazole rings is 1. The number of hydrogen-bond acceptors (Lipinski definition) is 3. The van der Waals surface area contributed by atoms with Gasteiger partial charge in [-0.2, -0.15) is 0 Å². The molecule has 0 unspecified atom stereocenters. The number of aldehydes is 1. The van der Waals surface area contributed by atoms with Gasteiger partial charge in [0.2, 0.25) is 0 Å². The highest BCUT2D eigenvalue weighted by atomic mass is 79.9. The Morgan fingerprint density at radius 3 is 3.15 bits per heavy atom. The molecule has 4 heteroatoms. The summed E-state index contributed by atoms with van der Waals surface area (Å²) in [4.78, 5) is 14.6. The second-order valence-corrected chi connectivity index (χ2v) is 4.41. The van der Waals surface area contributed by atoms with Gasteiger partial charge in [-0.25, -0.2) is 4.98 Å². The van der Waals surface area contributed by atoms with Crippen molar-refractivity contribution in [3.8, 4) is 0 Å². The van der Waals surface area contributed by atoms with E-state index in [1.54, 1.807) is 16.8 Å². The second kappa shape index (κ2) is 3.55. The van der Waals surface area contributed by atoms with Crippen LogP contribution in [0.15, 0.2) is 22.1 Å². The van der Waals surface area contributed by atoms with Crippen LogP contribution in [0, 0.1) is 0 Å². The lowest BCUT2D eigenvalue weighted by Gasteiger charge is -1.98. The third-order valence-electron chi connectivity index (χ3n) is 1.78. The van der Waals surface area contributed by atoms with E-state index in [1.807, 2.05) is 12.1 Å². The van der Waals surface area contributed by atoms with Gasteiger partial charge in [-0.15, -0.1) is 11.3 Å². The zero-order valence-corrected chi connectivity index (χ0v) is 9.06. The molecule has 0 saturated heterocycles. The Hall–Kier alpha value is -0.740. The molecular formula is C9H6BrNOS. The summed E-state index contributed by atoms with van der Waals surface area (Å²) in [5, 5.41) is 0. The topological polar surface area (TPSA) is 30.0 Å². The zero-order valence-electron chi connectivity index (χ0n) is 6.66. The molecule has 1 aromatic carbocycles. The van der Waals surface area contributed by atoms with Crippen LogP contribution in [0.2, 0.25) is 0 Å². The quantitative estimate of drug-likeness (QED) is 0.773. The Kier molecular flexibility index (Phi) is 2.42. The molecule has 2 rings (SSSR count). The fourth-order valence-corrected chi connectivity index (χ4v) is 2.53. The molecular weight excluding hydrogens is 250 g/mol. The minimum atomic E-state index is 0.456. The highest BCUT2D eigenvalue weighted by Gasteiger charge is 2.04. The van der Waals surface area contributed by atoms with Crippen molar-refractivity contribution in [2.45, 2.75) is 6.42 Å². The van der Waals surface area contributed by atoms with Crippen LogP contribution in [0.25, 0.3) is 10.2 Å². The first-order valence-electron chi connectivity index (χ1n) is 3.76. The van der Waals surface area contributed by atoms with Gasteiger partial charge in [0.05, 0.1) is 15.7 Å². The normalized spacial score (nSPS) is 10.5. The van der Waals surface area contributed by atoms with E-state index in [0.717, 1.165) is 26.5 Å². The number of halogens is 1. The molecule has 66 valence electrons. The van der Waals surface area contributed by atoms with Crippen molar-refractivity contribution in [2.24, 2.45) is 0 Å². The summed E-state index contributed by atoms with van der Waals surface area (Å²) in [5.74, 6) is 0. The van der Waals surface area contributed by atoms with Crippen LogP contribution in [-0.4, -0.2) is 11.3 Å². The van der Waals surface area contributed by atoms with Crippen molar-refractivity contribution in [1.82, 2.24) is 4.98 Å². The van der Waals surface area contributed by atoms with Crippen molar-refractivity contribution in [2.75, 3.05) is 0 Å². The molecule has 13 heavy (non-hydrogen) atoms. The lowest BCUT2D eigenvalue weighted by molar-refractivity contribution is -0.107. The van der Waals surface area contributed by atoms with E-state index in [-0.39, 0.29) is 0 Å². The minimum Gasteiger partial charge on any atom is -0.303 e. The Bertz CT molecular complexity index is 452. The molecule has 1 aromatic heterocycles. The molecule has 0 radical (unpaired) electrons. The predicted octanol–water partition coefficient (Wildman–Crippen LogP) is 2.80. The number of rotatable bonds is 2. The maximum absolute atomic E-state index is 10.4. The molecule has 0 atom stereocenters. The number of benzene rings is 1. The fraction of sp³-hybridized carbons (Fsp3) is 0.111. The van der Waals surface area contributed by atoms with Crippen LogP contribution in [0.4, 0.5) is 0 Å². The molecule has 0 bridgehead atoms. The number of hydrogen-bond donors (Lipinski definition) is 0. The molecule has 0 aliphatic rings. The average Bonchev–Trinajstić information content (AvgIpc) is 2.52. The van der Waals surface area contributed by atoms with Crippen LogP contribution >= 0.6 is 27.3 Å². The molecule has 2 nitrogen and oxygen atoms in total. The summed E-state index contributed by atoms with van der Waals surface area (Å²) in [6.07, 6.45) is 1.37. The van der Waals surface area contributed by atoms with Gasteiger partial charge in [0.1, 0.15) is 6.29 Å². The maximum atomic E-state index is 10.4. The van der Waals surface area contributed by atoms with E-state index < -0.39 is 0 Å². The number of carbonyl (C=O) groups is 1. The zero-order chi connectivity index (χ0) is 9.26. The van der Waals surface area contributed by atoms with Gasteiger partial charge in [-0.05, 0) is 17.7 Å². The van der Waals surface area contributed by atoms with Crippen LogP contribution in [0.1, 0.15) is 5.56 Å². The van der Waals surface area contributed by atoms with Crippen molar-refractivity contribution in [3.63, 3.8) is 0 Å². The van der Waals surface area contributed by atoms with E-state index in [0.29, 0.717) is 6.42 Å². The summed E-state index contributed by atoms with van der Waals surface area (Å²) >= 11 is 4.96. The third kappa shape index (κ3) is 1.64. The molecule has 0 saturated carbocycles. The van der Waals surface area contributed by atoms with Crippen LogP contribution in [0.5, 0.6) is 0 Å². The first-order chi connectivity index (χ1) is 6.31. The van der Waals surface area contributed by atoms with Crippen molar-refractivity contribution in [3.05, 3.63) is 27.7 Å². The van der Waals surface area contributed by atoms with Crippen molar-refractivity contribution < 1.29 is 4.79 Å². The molecule has 2 aromatic rings. The number of carbonyl (C=O) groups excluding carboxylic acids is 1. The fourth-order valence-electron chi connectivity index (χ4n) is 1.24. The second-order valence-electron chi connectivity index (χ2n) is 2.64. The Labute approximate surface area is 87.7 Å². The van der Waals surface area contributed by atoms with Gasteiger partial charge in [0.25, 0.3) is 0 Å². The molecule has 0 N–H and O–H groups in total. The molecule has 0 amide bonds. The standard InChI is InChI=1S/C9H6BrNOS/c10-7-3-6(1-2-12)9-8(4-7)11-5-13-9/h2-5H,1H2. The molecule has 0 aliphatic heterocycles.